The SMILES string of the molecule is Cc1c(Cl)cc(Cl)cc1NN=C(Cl)Cl. The molecular weight excluding hydrogens is 266 g/mol. The lowest BCUT2D eigenvalue weighted by atomic mass is 10.2. The Morgan fingerprint density at radius 1 is 1.29 bits per heavy atom. The number of nitrogens with zero attached hydrogens (tertiary/aromatic N) is 1. The number of halogens is 4. The minimum Gasteiger partial charge on any atom is -0.276 e. The number of rotatable bonds is 2. The largest absolute Gasteiger partial charge is 0.276 e. The van der Waals surface area contributed by atoms with Gasteiger partial charge in [-0.3, -0.25) is 5.43 Å². The maximum Gasteiger partial charge on any atom is 0.215 e. The lowest BCUT2D eigenvalue weighted by Gasteiger charge is -2.07. The third kappa shape index (κ3) is 3.21. The minimum absolute atomic E-state index is 0.111. The number of hydrogen-bond acceptors (Lipinski definition) is 2. The van der Waals surface area contributed by atoms with Gasteiger partial charge in [0, 0.05) is 10.0 Å². The van der Waals surface area contributed by atoms with Gasteiger partial charge in [-0.2, -0.15) is 5.10 Å². The lowest BCUT2D eigenvalue weighted by molar-refractivity contribution is 1.31. The number of hydrogen-bond donors (Lipinski definition) is 1. The van der Waals surface area contributed by atoms with Crippen molar-refractivity contribution in [1.29, 1.82) is 0 Å². The third-order valence-corrected chi connectivity index (χ3v) is 2.35. The van der Waals surface area contributed by atoms with E-state index in [1.54, 1.807) is 12.1 Å². The molecule has 0 fully saturated rings. The van der Waals surface area contributed by atoms with Crippen LogP contribution < -0.4 is 5.43 Å². The Morgan fingerprint density at radius 2 is 1.93 bits per heavy atom. The number of benzene rings is 1. The van der Waals surface area contributed by atoms with Gasteiger partial charge in [0.05, 0.1) is 5.69 Å². The molecule has 0 aliphatic carbocycles. The standard InChI is InChI=1S/C8H6Cl4N2/c1-4-6(10)2-5(9)3-7(4)13-14-8(11)12/h2-3,13H,1H3. The second-order valence-electron chi connectivity index (χ2n) is 2.52. The summed E-state index contributed by atoms with van der Waals surface area (Å²) in [5.74, 6) is 0. The summed E-state index contributed by atoms with van der Waals surface area (Å²) in [6.07, 6.45) is 0. The zero-order valence-corrected chi connectivity index (χ0v) is 10.1. The highest BCUT2D eigenvalue weighted by molar-refractivity contribution is 6.95. The Morgan fingerprint density at radius 3 is 2.50 bits per heavy atom. The molecule has 0 heterocycles. The van der Waals surface area contributed by atoms with Gasteiger partial charge < -0.3 is 0 Å². The monoisotopic (exact) mass is 270 g/mol. The molecule has 0 unspecified atom stereocenters. The molecule has 0 aliphatic rings. The molecule has 0 radical (unpaired) electrons. The summed E-state index contributed by atoms with van der Waals surface area (Å²) in [6, 6.07) is 3.33. The van der Waals surface area contributed by atoms with Crippen LogP contribution in [0.25, 0.3) is 0 Å². The Labute approximate surface area is 102 Å². The molecule has 0 bridgehead atoms. The maximum atomic E-state index is 5.90. The summed E-state index contributed by atoms with van der Waals surface area (Å²) in [4.78, 5) is 0. The Balaban J connectivity index is 3.02. The molecule has 1 aromatic carbocycles. The highest BCUT2D eigenvalue weighted by Gasteiger charge is 2.04. The molecule has 14 heavy (non-hydrogen) atoms. The predicted molar refractivity (Wildman–Crippen MR) is 64.0 cm³/mol. The molecule has 76 valence electrons. The molecule has 0 aliphatic heterocycles. The maximum absolute atomic E-state index is 5.90. The van der Waals surface area contributed by atoms with Crippen LogP contribution in [0.1, 0.15) is 5.56 Å². The van der Waals surface area contributed by atoms with E-state index >= 15 is 0 Å². The predicted octanol–water partition coefficient (Wildman–Crippen LogP) is 4.46. The molecule has 1 aromatic rings. The van der Waals surface area contributed by atoms with Crippen LogP contribution in [-0.4, -0.2) is 4.63 Å². The number of nitrogens with one attached hydrogen (secondary N) is 1. The summed E-state index contributed by atoms with van der Waals surface area (Å²) in [6.45, 7) is 1.83. The van der Waals surface area contributed by atoms with E-state index in [4.69, 9.17) is 46.4 Å². The zero-order chi connectivity index (χ0) is 10.7. The van der Waals surface area contributed by atoms with Crippen molar-refractivity contribution in [3.63, 3.8) is 0 Å². The number of anilines is 1. The Kier molecular flexibility index (Phi) is 4.32. The van der Waals surface area contributed by atoms with Crippen LogP contribution in [0, 0.1) is 6.92 Å². The van der Waals surface area contributed by atoms with E-state index in [-0.39, 0.29) is 4.63 Å². The van der Waals surface area contributed by atoms with E-state index in [1.807, 2.05) is 6.92 Å². The van der Waals surface area contributed by atoms with E-state index in [0.717, 1.165) is 5.56 Å². The molecule has 1 N–H and O–H groups in total. The molecule has 0 saturated carbocycles. The minimum atomic E-state index is -0.111. The van der Waals surface area contributed by atoms with Crippen LogP contribution in [0.5, 0.6) is 0 Å². The van der Waals surface area contributed by atoms with Gasteiger partial charge in [0.1, 0.15) is 0 Å². The molecular formula is C8H6Cl4N2. The first-order chi connectivity index (χ1) is 6.50. The van der Waals surface area contributed by atoms with Gasteiger partial charge in [0.2, 0.25) is 4.63 Å². The van der Waals surface area contributed by atoms with Crippen LogP contribution in [-0.2, 0) is 0 Å². The highest BCUT2D eigenvalue weighted by atomic mass is 35.5. The average Bonchev–Trinajstić information content (AvgIpc) is 2.08. The Hall–Kier alpha value is -0.150. The van der Waals surface area contributed by atoms with E-state index in [2.05, 4.69) is 10.5 Å². The quantitative estimate of drug-likeness (QED) is 0.623. The highest BCUT2D eigenvalue weighted by Crippen LogP contribution is 2.28. The van der Waals surface area contributed by atoms with Gasteiger partial charge in [0.25, 0.3) is 0 Å². The van der Waals surface area contributed by atoms with Gasteiger partial charge in [-0.25, -0.2) is 0 Å². The molecule has 0 spiro atoms. The van der Waals surface area contributed by atoms with Crippen molar-refractivity contribution in [1.82, 2.24) is 0 Å². The van der Waals surface area contributed by atoms with E-state index < -0.39 is 0 Å². The summed E-state index contributed by atoms with van der Waals surface area (Å²) in [5.41, 5.74) is 4.15. The van der Waals surface area contributed by atoms with Gasteiger partial charge in [-0.15, -0.1) is 0 Å². The second-order valence-corrected chi connectivity index (χ2v) is 4.28. The van der Waals surface area contributed by atoms with Gasteiger partial charge in [-0.1, -0.05) is 23.2 Å². The smallest absolute Gasteiger partial charge is 0.215 e. The molecule has 0 amide bonds. The molecule has 0 aromatic heterocycles. The average molecular weight is 272 g/mol. The first kappa shape index (κ1) is 11.9. The van der Waals surface area contributed by atoms with E-state index in [1.165, 1.54) is 0 Å². The first-order valence-electron chi connectivity index (χ1n) is 3.61. The normalized spacial score (nSPS) is 9.79. The van der Waals surface area contributed by atoms with Gasteiger partial charge >= 0.3 is 0 Å². The summed E-state index contributed by atoms with van der Waals surface area (Å²) >= 11 is 22.4. The molecule has 6 heteroatoms. The summed E-state index contributed by atoms with van der Waals surface area (Å²) in [5, 5.41) is 4.69. The van der Waals surface area contributed by atoms with E-state index in [9.17, 15) is 0 Å². The van der Waals surface area contributed by atoms with Crippen molar-refractivity contribution in [2.45, 2.75) is 6.92 Å². The van der Waals surface area contributed by atoms with E-state index in [0.29, 0.717) is 15.7 Å². The van der Waals surface area contributed by atoms with Crippen LogP contribution in [0.2, 0.25) is 10.0 Å². The topological polar surface area (TPSA) is 24.4 Å². The van der Waals surface area contributed by atoms with Crippen LogP contribution in [0.15, 0.2) is 17.2 Å². The first-order valence-corrected chi connectivity index (χ1v) is 5.12. The van der Waals surface area contributed by atoms with Crippen LogP contribution >= 0.6 is 46.4 Å². The fraction of sp³-hybridized carbons (Fsp3) is 0.125. The molecule has 0 saturated heterocycles. The van der Waals surface area contributed by atoms with Crippen LogP contribution in [0.4, 0.5) is 5.69 Å². The molecule has 0 atom stereocenters. The van der Waals surface area contributed by atoms with Crippen molar-refractivity contribution >= 4 is 56.7 Å². The van der Waals surface area contributed by atoms with Crippen molar-refractivity contribution in [2.75, 3.05) is 5.43 Å². The number of hydrazone groups is 1. The lowest BCUT2D eigenvalue weighted by Crippen LogP contribution is -1.93. The molecule has 2 nitrogen and oxygen atoms in total. The van der Waals surface area contributed by atoms with Crippen molar-refractivity contribution in [3.05, 3.63) is 27.7 Å². The van der Waals surface area contributed by atoms with Crippen molar-refractivity contribution in [2.24, 2.45) is 5.10 Å². The summed E-state index contributed by atoms with van der Waals surface area (Å²) in [7, 11) is 0. The van der Waals surface area contributed by atoms with Gasteiger partial charge in [-0.05, 0) is 47.8 Å². The van der Waals surface area contributed by atoms with Crippen molar-refractivity contribution < 1.29 is 0 Å². The fourth-order valence-electron chi connectivity index (χ4n) is 0.864. The van der Waals surface area contributed by atoms with Crippen LogP contribution in [0.3, 0.4) is 0 Å². The zero-order valence-electron chi connectivity index (χ0n) is 7.11. The molecule has 1 rings (SSSR count). The van der Waals surface area contributed by atoms with Crippen molar-refractivity contribution in [3.8, 4) is 0 Å². The summed E-state index contributed by atoms with van der Waals surface area (Å²) < 4.78 is -0.111. The second kappa shape index (κ2) is 5.08. The Bertz CT molecular complexity index is 372. The fourth-order valence-corrected chi connectivity index (χ4v) is 1.44. The van der Waals surface area contributed by atoms with Gasteiger partial charge in [0.15, 0.2) is 0 Å². The third-order valence-electron chi connectivity index (χ3n) is 1.57.